The molecule has 0 bridgehead atoms. The van der Waals surface area contributed by atoms with E-state index in [4.69, 9.17) is 9.97 Å². The minimum Gasteiger partial charge on any atom is -0.295 e. The summed E-state index contributed by atoms with van der Waals surface area (Å²) in [5, 5.41) is 0. The van der Waals surface area contributed by atoms with E-state index in [1.807, 2.05) is 24.5 Å². The van der Waals surface area contributed by atoms with Crippen LogP contribution in [0.4, 0.5) is 34.4 Å². The first-order valence-electron chi connectivity index (χ1n) is 26.9. The van der Waals surface area contributed by atoms with Crippen LogP contribution in [0.3, 0.4) is 0 Å². The van der Waals surface area contributed by atoms with E-state index < -0.39 is 0 Å². The first kappa shape index (κ1) is 48.0. The van der Waals surface area contributed by atoms with Gasteiger partial charge in [0.1, 0.15) is 11.6 Å². The Hall–Kier alpha value is -9.64. The SMILES string of the molecule is CC1(C)c2cc(C=Cc3ccc(C=Cc4ccc5c(c4)C(C)(C)c4cc(N(c6ccc(-c7ccccc7)cc6)c6ccccn6)ccc4-5)cc3)ccc2-c2ccc(N(c3ccc(-c4ccccc4)cc3)c3ccccn3)cc21. The van der Waals surface area contributed by atoms with Crippen LogP contribution in [0.5, 0.6) is 0 Å². The van der Waals surface area contributed by atoms with Gasteiger partial charge in [0.25, 0.3) is 0 Å². The molecular weight excluding hydrogens is 945 g/mol. The number of rotatable bonds is 12. The molecule has 2 aliphatic carbocycles. The van der Waals surface area contributed by atoms with Gasteiger partial charge in [-0.2, -0.15) is 0 Å². The molecule has 374 valence electrons. The van der Waals surface area contributed by atoms with Crippen LogP contribution >= 0.6 is 0 Å². The molecule has 4 heteroatoms. The molecule has 0 atom stereocenters. The van der Waals surface area contributed by atoms with Gasteiger partial charge in [-0.1, -0.05) is 222 Å². The van der Waals surface area contributed by atoms with Crippen LogP contribution < -0.4 is 9.80 Å². The van der Waals surface area contributed by atoms with Crippen LogP contribution in [0.2, 0.25) is 0 Å². The molecule has 0 saturated carbocycles. The van der Waals surface area contributed by atoms with Crippen molar-refractivity contribution in [1.82, 2.24) is 9.97 Å². The third-order valence-electron chi connectivity index (χ3n) is 16.0. The van der Waals surface area contributed by atoms with Gasteiger partial charge in [-0.3, -0.25) is 9.80 Å². The van der Waals surface area contributed by atoms with Gasteiger partial charge in [-0.15, -0.1) is 0 Å². The Morgan fingerprint density at radius 3 is 0.962 bits per heavy atom. The molecule has 0 amide bonds. The molecule has 2 aromatic heterocycles. The Labute approximate surface area is 458 Å². The summed E-state index contributed by atoms with van der Waals surface area (Å²) in [5.74, 6) is 1.76. The van der Waals surface area contributed by atoms with Crippen molar-refractivity contribution >= 4 is 58.7 Å². The predicted octanol–water partition coefficient (Wildman–Crippen LogP) is 19.7. The maximum atomic E-state index is 4.82. The van der Waals surface area contributed by atoms with E-state index in [0.717, 1.165) is 45.5 Å². The van der Waals surface area contributed by atoms with E-state index in [9.17, 15) is 0 Å². The molecule has 4 nitrogen and oxygen atoms in total. The fourth-order valence-electron chi connectivity index (χ4n) is 11.7. The van der Waals surface area contributed by atoms with Crippen molar-refractivity contribution in [3.63, 3.8) is 0 Å². The molecule has 0 aliphatic heterocycles. The highest BCUT2D eigenvalue weighted by Gasteiger charge is 2.38. The van der Waals surface area contributed by atoms with Gasteiger partial charge >= 0.3 is 0 Å². The second-order valence-electron chi connectivity index (χ2n) is 21.5. The Morgan fingerprint density at radius 2 is 0.590 bits per heavy atom. The minimum atomic E-state index is -0.201. The third kappa shape index (κ3) is 8.91. The molecule has 0 spiro atoms. The molecule has 0 radical (unpaired) electrons. The van der Waals surface area contributed by atoms with Crippen LogP contribution in [-0.4, -0.2) is 9.97 Å². The molecule has 0 saturated heterocycles. The van der Waals surface area contributed by atoms with Gasteiger partial charge in [0.15, 0.2) is 0 Å². The summed E-state index contributed by atoms with van der Waals surface area (Å²) in [5.41, 5.74) is 23.8. The van der Waals surface area contributed by atoms with Crippen molar-refractivity contribution in [2.45, 2.75) is 38.5 Å². The fraction of sp³-hybridized carbons (Fsp3) is 0.0811. The number of hydrogen-bond donors (Lipinski definition) is 0. The normalized spacial score (nSPS) is 13.5. The highest BCUT2D eigenvalue weighted by molar-refractivity contribution is 5.89. The zero-order valence-corrected chi connectivity index (χ0v) is 44.3. The second-order valence-corrected chi connectivity index (χ2v) is 21.5. The predicted molar refractivity (Wildman–Crippen MR) is 328 cm³/mol. The highest BCUT2D eigenvalue weighted by Crippen LogP contribution is 2.53. The van der Waals surface area contributed by atoms with Gasteiger partial charge in [0, 0.05) is 46.0 Å². The number of nitrogens with zero attached hydrogens (tertiary/aromatic N) is 4. The maximum Gasteiger partial charge on any atom is 0.137 e. The van der Waals surface area contributed by atoms with Crippen LogP contribution in [0.1, 0.15) is 72.2 Å². The number of pyridine rings is 2. The Kier molecular flexibility index (Phi) is 12.2. The highest BCUT2D eigenvalue weighted by atomic mass is 15.2. The molecule has 0 N–H and O–H groups in total. The molecule has 0 fully saturated rings. The van der Waals surface area contributed by atoms with Crippen molar-refractivity contribution < 1.29 is 0 Å². The Morgan fingerprint density at radius 1 is 0.282 bits per heavy atom. The zero-order valence-electron chi connectivity index (χ0n) is 44.3. The number of fused-ring (bicyclic) bond motifs is 6. The van der Waals surface area contributed by atoms with E-state index in [-0.39, 0.29) is 10.8 Å². The molecule has 2 aliphatic rings. The summed E-state index contributed by atoms with van der Waals surface area (Å²) in [7, 11) is 0. The maximum absolute atomic E-state index is 4.82. The van der Waals surface area contributed by atoms with Crippen LogP contribution in [0.15, 0.2) is 255 Å². The zero-order chi connectivity index (χ0) is 52.8. The lowest BCUT2D eigenvalue weighted by atomic mass is 9.81. The number of benzene rings is 9. The lowest BCUT2D eigenvalue weighted by molar-refractivity contribution is 0.660. The topological polar surface area (TPSA) is 32.3 Å². The van der Waals surface area contributed by atoms with Crippen molar-refractivity contribution in [2.75, 3.05) is 9.80 Å². The standard InChI is InChI=1S/C74H58N4/c1-73(2)67-47-53(29-41-63(67)65-43-39-61(49-69(65)73)77(71-19-11-13-45-75-71)59-35-31-57(32-36-59)55-15-7-5-8-16-55)27-25-51-21-23-52(24-22-51)26-28-54-30-42-64-66-44-40-62(50-70(66)74(3,4)68(64)48-54)78(72-20-12-14-46-76-72)60-37-33-58(34-38-60)56-17-9-6-10-18-56/h5-50H,1-4H3. The Balaban J connectivity index is 0.705. The average Bonchev–Trinajstić information content (AvgIpc) is 4.12. The van der Waals surface area contributed by atoms with Crippen LogP contribution in [0, 0.1) is 0 Å². The molecule has 78 heavy (non-hydrogen) atoms. The van der Waals surface area contributed by atoms with E-state index in [0.29, 0.717) is 0 Å². The summed E-state index contributed by atoms with van der Waals surface area (Å²) >= 11 is 0. The van der Waals surface area contributed by atoms with E-state index in [1.165, 1.54) is 77.9 Å². The molecular formula is C74H58N4. The third-order valence-corrected chi connectivity index (χ3v) is 16.0. The smallest absolute Gasteiger partial charge is 0.137 e. The summed E-state index contributed by atoms with van der Waals surface area (Å²) < 4.78 is 0. The summed E-state index contributed by atoms with van der Waals surface area (Å²) in [6.45, 7) is 9.41. The summed E-state index contributed by atoms with van der Waals surface area (Å²) in [4.78, 5) is 14.2. The molecule has 13 rings (SSSR count). The first-order chi connectivity index (χ1) is 38.2. The van der Waals surface area contributed by atoms with Gasteiger partial charge in [0.2, 0.25) is 0 Å². The van der Waals surface area contributed by atoms with E-state index in [2.05, 4.69) is 292 Å². The quantitative estimate of drug-likeness (QED) is 0.114. The molecule has 0 unspecified atom stereocenters. The van der Waals surface area contributed by atoms with Crippen molar-refractivity contribution in [1.29, 1.82) is 0 Å². The van der Waals surface area contributed by atoms with Gasteiger partial charge in [-0.05, 0) is 162 Å². The Bertz CT molecular complexity index is 3760. The summed E-state index contributed by atoms with van der Waals surface area (Å²) in [6.07, 6.45) is 12.7. The molecule has 9 aromatic carbocycles. The van der Waals surface area contributed by atoms with Crippen LogP contribution in [-0.2, 0) is 10.8 Å². The van der Waals surface area contributed by atoms with Crippen molar-refractivity contribution in [3.05, 3.63) is 300 Å². The first-order valence-corrected chi connectivity index (χ1v) is 26.9. The minimum absolute atomic E-state index is 0.201. The van der Waals surface area contributed by atoms with Crippen molar-refractivity contribution in [3.8, 4) is 44.5 Å². The lowest BCUT2D eigenvalue weighted by Crippen LogP contribution is -2.17. The summed E-state index contributed by atoms with van der Waals surface area (Å²) in [6, 6.07) is 87.3. The number of hydrogen-bond acceptors (Lipinski definition) is 4. The fourth-order valence-corrected chi connectivity index (χ4v) is 11.7. The number of anilines is 6. The molecule has 2 heterocycles. The van der Waals surface area contributed by atoms with Gasteiger partial charge in [-0.25, -0.2) is 9.97 Å². The van der Waals surface area contributed by atoms with E-state index in [1.54, 1.807) is 0 Å². The van der Waals surface area contributed by atoms with Crippen LogP contribution in [0.25, 0.3) is 68.8 Å². The monoisotopic (exact) mass is 1000 g/mol. The van der Waals surface area contributed by atoms with Crippen molar-refractivity contribution in [2.24, 2.45) is 0 Å². The van der Waals surface area contributed by atoms with Gasteiger partial charge in [0.05, 0.1) is 0 Å². The average molecular weight is 1000 g/mol. The second kappa shape index (κ2) is 19.8. The van der Waals surface area contributed by atoms with E-state index >= 15 is 0 Å². The molecule has 11 aromatic rings. The lowest BCUT2D eigenvalue weighted by Gasteiger charge is -2.27. The van der Waals surface area contributed by atoms with Gasteiger partial charge < -0.3 is 0 Å². The largest absolute Gasteiger partial charge is 0.295 e. The number of aromatic nitrogens is 2.